The topological polar surface area (TPSA) is 60.6 Å². The monoisotopic (exact) mass is 248 g/mol. The smallest absolute Gasteiger partial charge is 0.0845 e. The van der Waals surface area contributed by atoms with Gasteiger partial charge in [0, 0.05) is 44.5 Å². The highest BCUT2D eigenvalue weighted by Crippen LogP contribution is 2.19. The number of rotatable bonds is 5. The first-order valence-corrected chi connectivity index (χ1v) is 6.19. The van der Waals surface area contributed by atoms with Crippen molar-refractivity contribution in [3.63, 3.8) is 0 Å². The van der Waals surface area contributed by atoms with E-state index in [1.165, 1.54) is 5.56 Å². The van der Waals surface area contributed by atoms with Crippen LogP contribution in [0.15, 0.2) is 12.4 Å². The van der Waals surface area contributed by atoms with Crippen LogP contribution in [0.4, 0.5) is 0 Å². The molecular weight excluding hydrogens is 228 g/mol. The Morgan fingerprint density at radius 3 is 2.56 bits per heavy atom. The Bertz CT molecular complexity index is 512. The molecule has 0 aliphatic rings. The number of hydrogen-bond acceptors (Lipinski definition) is 4. The number of hydrogen-bond donors (Lipinski definition) is 1. The van der Waals surface area contributed by atoms with E-state index in [0.717, 1.165) is 24.4 Å². The van der Waals surface area contributed by atoms with Gasteiger partial charge in [-0.15, -0.1) is 5.10 Å². The highest BCUT2D eigenvalue weighted by Gasteiger charge is 2.17. The number of nitrogens with one attached hydrogen (secondary N) is 1. The Labute approximate surface area is 107 Å². The summed E-state index contributed by atoms with van der Waals surface area (Å²) in [4.78, 5) is 0. The summed E-state index contributed by atoms with van der Waals surface area (Å²) < 4.78 is 3.58. The van der Waals surface area contributed by atoms with Crippen molar-refractivity contribution in [2.45, 2.75) is 26.3 Å². The summed E-state index contributed by atoms with van der Waals surface area (Å²) in [5.41, 5.74) is 3.28. The van der Waals surface area contributed by atoms with Gasteiger partial charge in [0.15, 0.2) is 0 Å². The first-order chi connectivity index (χ1) is 8.60. The highest BCUT2D eigenvalue weighted by molar-refractivity contribution is 5.21. The molecular formula is C12H20N6. The van der Waals surface area contributed by atoms with Gasteiger partial charge >= 0.3 is 0 Å². The van der Waals surface area contributed by atoms with Crippen molar-refractivity contribution in [3.05, 3.63) is 29.3 Å². The fraction of sp³-hybridized carbons (Fsp3) is 0.583. The van der Waals surface area contributed by atoms with Crippen molar-refractivity contribution < 1.29 is 0 Å². The van der Waals surface area contributed by atoms with Gasteiger partial charge in [0.1, 0.15) is 0 Å². The van der Waals surface area contributed by atoms with Crippen molar-refractivity contribution in [1.29, 1.82) is 0 Å². The summed E-state index contributed by atoms with van der Waals surface area (Å²) in [7, 11) is 3.83. The molecule has 0 saturated heterocycles. The lowest BCUT2D eigenvalue weighted by atomic mass is 10.0. The number of aryl methyl sites for hydroxylation is 3. The Morgan fingerprint density at radius 1 is 1.28 bits per heavy atom. The maximum absolute atomic E-state index is 4.40. The van der Waals surface area contributed by atoms with E-state index in [1.807, 2.05) is 31.9 Å². The Hall–Kier alpha value is -1.69. The van der Waals surface area contributed by atoms with E-state index in [0.29, 0.717) is 0 Å². The van der Waals surface area contributed by atoms with Gasteiger partial charge in [-0.25, -0.2) is 0 Å². The molecule has 0 aromatic carbocycles. The summed E-state index contributed by atoms with van der Waals surface area (Å²) in [5, 5.41) is 16.0. The van der Waals surface area contributed by atoms with E-state index in [2.05, 4.69) is 33.8 Å². The predicted molar refractivity (Wildman–Crippen MR) is 69.1 cm³/mol. The van der Waals surface area contributed by atoms with E-state index in [4.69, 9.17) is 0 Å². The molecule has 0 saturated carbocycles. The first-order valence-electron chi connectivity index (χ1n) is 6.19. The molecule has 2 aromatic rings. The minimum Gasteiger partial charge on any atom is -0.310 e. The van der Waals surface area contributed by atoms with Crippen LogP contribution in [0.5, 0.6) is 0 Å². The van der Waals surface area contributed by atoms with Crippen molar-refractivity contribution >= 4 is 0 Å². The van der Waals surface area contributed by atoms with Gasteiger partial charge in [-0.3, -0.25) is 9.36 Å². The number of likely N-dealkylation sites (N-methyl/N-ethyl adjacent to an activating group) is 1. The maximum atomic E-state index is 4.40. The Balaban J connectivity index is 2.20. The molecule has 0 radical (unpaired) electrons. The quantitative estimate of drug-likeness (QED) is 0.848. The second-order valence-electron chi connectivity index (χ2n) is 4.54. The summed E-state index contributed by atoms with van der Waals surface area (Å²) in [6, 6.07) is 0.236. The summed E-state index contributed by atoms with van der Waals surface area (Å²) in [6.45, 7) is 5.06. The van der Waals surface area contributed by atoms with Gasteiger partial charge in [0.25, 0.3) is 0 Å². The Kier molecular flexibility index (Phi) is 3.76. The first kappa shape index (κ1) is 12.8. The molecule has 0 aliphatic heterocycles. The number of nitrogens with zero attached hydrogens (tertiary/aromatic N) is 5. The molecule has 0 fully saturated rings. The van der Waals surface area contributed by atoms with Gasteiger partial charge in [-0.2, -0.15) is 5.10 Å². The van der Waals surface area contributed by atoms with Crippen LogP contribution in [0.3, 0.4) is 0 Å². The molecule has 18 heavy (non-hydrogen) atoms. The molecule has 0 aliphatic carbocycles. The van der Waals surface area contributed by atoms with Crippen LogP contribution in [-0.2, 0) is 20.5 Å². The van der Waals surface area contributed by atoms with E-state index in [1.54, 1.807) is 4.68 Å². The second-order valence-corrected chi connectivity index (χ2v) is 4.54. The van der Waals surface area contributed by atoms with Crippen molar-refractivity contribution in [3.8, 4) is 0 Å². The molecule has 1 unspecified atom stereocenters. The summed E-state index contributed by atoms with van der Waals surface area (Å²) in [5.74, 6) is 0. The summed E-state index contributed by atoms with van der Waals surface area (Å²) in [6.07, 6.45) is 4.85. The fourth-order valence-corrected chi connectivity index (χ4v) is 2.20. The van der Waals surface area contributed by atoms with E-state index in [9.17, 15) is 0 Å². The third-order valence-corrected chi connectivity index (χ3v) is 2.94. The SMILES string of the molecule is CCNC(Cc1cn(C)nn1)c1cn(C)nc1C. The van der Waals surface area contributed by atoms with Gasteiger partial charge < -0.3 is 5.32 Å². The van der Waals surface area contributed by atoms with Crippen LogP contribution in [-0.4, -0.2) is 31.3 Å². The molecule has 2 heterocycles. The van der Waals surface area contributed by atoms with Crippen LogP contribution in [0.1, 0.15) is 29.9 Å². The maximum Gasteiger partial charge on any atom is 0.0845 e. The highest BCUT2D eigenvalue weighted by atomic mass is 15.4. The average Bonchev–Trinajstić information content (AvgIpc) is 2.84. The second kappa shape index (κ2) is 5.30. The van der Waals surface area contributed by atoms with E-state index < -0.39 is 0 Å². The van der Waals surface area contributed by atoms with Crippen molar-refractivity contribution in [1.82, 2.24) is 30.1 Å². The molecule has 6 heteroatoms. The largest absolute Gasteiger partial charge is 0.310 e. The molecule has 6 nitrogen and oxygen atoms in total. The molecule has 1 N–H and O–H groups in total. The number of aromatic nitrogens is 5. The van der Waals surface area contributed by atoms with Crippen LogP contribution < -0.4 is 5.32 Å². The van der Waals surface area contributed by atoms with E-state index >= 15 is 0 Å². The molecule has 98 valence electrons. The average molecular weight is 248 g/mol. The van der Waals surface area contributed by atoms with Crippen molar-refractivity contribution in [2.75, 3.05) is 6.54 Å². The lowest BCUT2D eigenvalue weighted by Gasteiger charge is -2.15. The van der Waals surface area contributed by atoms with Crippen LogP contribution in [0, 0.1) is 6.92 Å². The lowest BCUT2D eigenvalue weighted by molar-refractivity contribution is 0.541. The van der Waals surface area contributed by atoms with Gasteiger partial charge in [0.2, 0.25) is 0 Å². The lowest BCUT2D eigenvalue weighted by Crippen LogP contribution is -2.23. The van der Waals surface area contributed by atoms with Crippen LogP contribution in [0.2, 0.25) is 0 Å². The summed E-state index contributed by atoms with van der Waals surface area (Å²) >= 11 is 0. The molecule has 0 spiro atoms. The molecule has 1 atom stereocenters. The molecule has 2 aromatic heterocycles. The molecule has 0 amide bonds. The Morgan fingerprint density at radius 2 is 2.06 bits per heavy atom. The van der Waals surface area contributed by atoms with E-state index in [-0.39, 0.29) is 6.04 Å². The minimum absolute atomic E-state index is 0.236. The standard InChI is InChI=1S/C12H20N6/c1-5-13-12(6-10-7-18(4)16-14-10)11-8-17(3)15-9(11)2/h7-8,12-13H,5-6H2,1-4H3. The third-order valence-electron chi connectivity index (χ3n) is 2.94. The third kappa shape index (κ3) is 2.76. The zero-order chi connectivity index (χ0) is 13.1. The van der Waals surface area contributed by atoms with Gasteiger partial charge in [-0.1, -0.05) is 12.1 Å². The van der Waals surface area contributed by atoms with Gasteiger partial charge in [0.05, 0.1) is 11.4 Å². The predicted octanol–water partition coefficient (Wildman–Crippen LogP) is 0.750. The zero-order valence-electron chi connectivity index (χ0n) is 11.4. The van der Waals surface area contributed by atoms with Crippen LogP contribution in [0.25, 0.3) is 0 Å². The van der Waals surface area contributed by atoms with Crippen molar-refractivity contribution in [2.24, 2.45) is 14.1 Å². The zero-order valence-corrected chi connectivity index (χ0v) is 11.4. The molecule has 2 rings (SSSR count). The fourth-order valence-electron chi connectivity index (χ4n) is 2.20. The molecule has 0 bridgehead atoms. The normalized spacial score (nSPS) is 12.9. The minimum atomic E-state index is 0.236. The van der Waals surface area contributed by atoms with Crippen LogP contribution >= 0.6 is 0 Å². The van der Waals surface area contributed by atoms with Gasteiger partial charge in [-0.05, 0) is 13.5 Å².